The fourth-order valence-corrected chi connectivity index (χ4v) is 2.58. The molecule has 0 aliphatic carbocycles. The summed E-state index contributed by atoms with van der Waals surface area (Å²) >= 11 is 12.0. The van der Waals surface area contributed by atoms with Gasteiger partial charge in [-0.1, -0.05) is 48.3 Å². The standard InChI is InChI=1S/C16H16Cl2FN/c1-2-16(11-5-3-6-12(17)9-11)20-10-13-14(18)7-4-8-15(13)19/h3-9,16,20H,2,10H2,1H3. The Hall–Kier alpha value is -1.09. The third-order valence-corrected chi connectivity index (χ3v) is 3.84. The molecule has 0 saturated carbocycles. The molecule has 0 amide bonds. The largest absolute Gasteiger partial charge is 0.306 e. The Balaban J connectivity index is 2.12. The number of benzene rings is 2. The van der Waals surface area contributed by atoms with Crippen LogP contribution in [-0.2, 0) is 6.54 Å². The zero-order valence-corrected chi connectivity index (χ0v) is 12.7. The van der Waals surface area contributed by atoms with Crippen molar-refractivity contribution in [2.75, 3.05) is 0 Å². The molecule has 1 nitrogen and oxygen atoms in total. The van der Waals surface area contributed by atoms with E-state index in [0.29, 0.717) is 22.2 Å². The Morgan fingerprint density at radius 1 is 1.15 bits per heavy atom. The third-order valence-electron chi connectivity index (χ3n) is 3.25. The van der Waals surface area contributed by atoms with Gasteiger partial charge >= 0.3 is 0 Å². The Kier molecular flexibility index (Phi) is 5.41. The van der Waals surface area contributed by atoms with E-state index in [1.54, 1.807) is 12.1 Å². The monoisotopic (exact) mass is 311 g/mol. The summed E-state index contributed by atoms with van der Waals surface area (Å²) in [4.78, 5) is 0. The summed E-state index contributed by atoms with van der Waals surface area (Å²) in [7, 11) is 0. The van der Waals surface area contributed by atoms with E-state index >= 15 is 0 Å². The maximum absolute atomic E-state index is 13.7. The van der Waals surface area contributed by atoms with Crippen LogP contribution in [0, 0.1) is 5.82 Å². The van der Waals surface area contributed by atoms with Crippen LogP contribution >= 0.6 is 23.2 Å². The van der Waals surface area contributed by atoms with Crippen molar-refractivity contribution in [2.45, 2.75) is 25.9 Å². The molecule has 0 aliphatic rings. The van der Waals surface area contributed by atoms with Crippen LogP contribution in [-0.4, -0.2) is 0 Å². The van der Waals surface area contributed by atoms with Gasteiger partial charge < -0.3 is 5.32 Å². The van der Waals surface area contributed by atoms with Crippen molar-refractivity contribution in [3.8, 4) is 0 Å². The summed E-state index contributed by atoms with van der Waals surface area (Å²) < 4.78 is 13.7. The molecule has 0 radical (unpaired) electrons. The molecule has 1 unspecified atom stereocenters. The van der Waals surface area contributed by atoms with Crippen LogP contribution < -0.4 is 5.32 Å². The minimum atomic E-state index is -0.286. The molecule has 1 N–H and O–H groups in total. The maximum Gasteiger partial charge on any atom is 0.129 e. The second-order valence-corrected chi connectivity index (χ2v) is 5.44. The van der Waals surface area contributed by atoms with Crippen molar-refractivity contribution >= 4 is 23.2 Å². The Labute approximate surface area is 128 Å². The molecule has 2 aromatic rings. The van der Waals surface area contributed by atoms with Gasteiger partial charge in [0, 0.05) is 28.2 Å². The van der Waals surface area contributed by atoms with Gasteiger partial charge in [-0.3, -0.25) is 0 Å². The summed E-state index contributed by atoms with van der Waals surface area (Å²) in [5.41, 5.74) is 1.59. The van der Waals surface area contributed by atoms with Crippen LogP contribution in [0.25, 0.3) is 0 Å². The molecule has 2 rings (SSSR count). The first-order chi connectivity index (χ1) is 9.61. The highest BCUT2D eigenvalue weighted by Crippen LogP contribution is 2.23. The van der Waals surface area contributed by atoms with Gasteiger partial charge in [-0.25, -0.2) is 4.39 Å². The Bertz CT molecular complexity index is 566. The topological polar surface area (TPSA) is 12.0 Å². The molecule has 0 saturated heterocycles. The third kappa shape index (κ3) is 3.72. The van der Waals surface area contributed by atoms with E-state index in [9.17, 15) is 4.39 Å². The van der Waals surface area contributed by atoms with E-state index in [2.05, 4.69) is 12.2 Å². The van der Waals surface area contributed by atoms with Crippen LogP contribution in [0.4, 0.5) is 4.39 Å². The minimum absolute atomic E-state index is 0.115. The van der Waals surface area contributed by atoms with E-state index in [1.807, 2.05) is 24.3 Å². The van der Waals surface area contributed by atoms with Crippen molar-refractivity contribution in [2.24, 2.45) is 0 Å². The second-order valence-electron chi connectivity index (χ2n) is 4.60. The number of rotatable bonds is 5. The van der Waals surface area contributed by atoms with E-state index < -0.39 is 0 Å². The average Bonchev–Trinajstić information content (AvgIpc) is 2.42. The van der Waals surface area contributed by atoms with Crippen LogP contribution in [0.15, 0.2) is 42.5 Å². The Morgan fingerprint density at radius 3 is 2.55 bits per heavy atom. The second kappa shape index (κ2) is 7.07. The highest BCUT2D eigenvalue weighted by Gasteiger charge is 2.12. The molecule has 1 atom stereocenters. The molecule has 0 fully saturated rings. The van der Waals surface area contributed by atoms with Gasteiger partial charge in [0.05, 0.1) is 0 Å². The van der Waals surface area contributed by atoms with E-state index in [0.717, 1.165) is 12.0 Å². The normalized spacial score (nSPS) is 12.4. The molecule has 0 spiro atoms. The molecule has 20 heavy (non-hydrogen) atoms. The van der Waals surface area contributed by atoms with Crippen molar-refractivity contribution in [1.29, 1.82) is 0 Å². The highest BCUT2D eigenvalue weighted by atomic mass is 35.5. The van der Waals surface area contributed by atoms with Gasteiger partial charge in [-0.05, 0) is 36.2 Å². The minimum Gasteiger partial charge on any atom is -0.306 e. The molecule has 0 aromatic heterocycles. The van der Waals surface area contributed by atoms with Gasteiger partial charge in [0.1, 0.15) is 5.82 Å². The predicted octanol–water partition coefficient (Wildman–Crippen LogP) is 5.37. The lowest BCUT2D eigenvalue weighted by Crippen LogP contribution is -2.21. The molecular weight excluding hydrogens is 296 g/mol. The zero-order chi connectivity index (χ0) is 14.5. The first-order valence-electron chi connectivity index (χ1n) is 6.53. The fourth-order valence-electron chi connectivity index (χ4n) is 2.15. The Morgan fingerprint density at radius 2 is 1.90 bits per heavy atom. The summed E-state index contributed by atoms with van der Waals surface area (Å²) in [6.45, 7) is 2.46. The summed E-state index contributed by atoms with van der Waals surface area (Å²) in [5.74, 6) is -0.286. The molecule has 0 heterocycles. The molecule has 0 bridgehead atoms. The van der Waals surface area contributed by atoms with Crippen molar-refractivity contribution in [3.05, 3.63) is 69.5 Å². The molecule has 2 aromatic carbocycles. The first kappa shape index (κ1) is 15.3. The molecule has 4 heteroatoms. The van der Waals surface area contributed by atoms with Crippen LogP contribution in [0.5, 0.6) is 0 Å². The lowest BCUT2D eigenvalue weighted by molar-refractivity contribution is 0.504. The summed E-state index contributed by atoms with van der Waals surface area (Å²) in [6.07, 6.45) is 0.881. The van der Waals surface area contributed by atoms with Gasteiger partial charge in [0.2, 0.25) is 0 Å². The van der Waals surface area contributed by atoms with Gasteiger partial charge in [-0.2, -0.15) is 0 Å². The number of hydrogen-bond acceptors (Lipinski definition) is 1. The van der Waals surface area contributed by atoms with Gasteiger partial charge in [0.25, 0.3) is 0 Å². The van der Waals surface area contributed by atoms with Crippen molar-refractivity contribution < 1.29 is 4.39 Å². The smallest absolute Gasteiger partial charge is 0.129 e. The SMILES string of the molecule is CCC(NCc1c(F)cccc1Cl)c1cccc(Cl)c1. The lowest BCUT2D eigenvalue weighted by atomic mass is 10.0. The lowest BCUT2D eigenvalue weighted by Gasteiger charge is -2.18. The van der Waals surface area contributed by atoms with Gasteiger partial charge in [-0.15, -0.1) is 0 Å². The number of halogens is 3. The van der Waals surface area contributed by atoms with Gasteiger partial charge in [0.15, 0.2) is 0 Å². The molecule has 106 valence electrons. The fraction of sp³-hybridized carbons (Fsp3) is 0.250. The van der Waals surface area contributed by atoms with E-state index in [4.69, 9.17) is 23.2 Å². The summed E-state index contributed by atoms with van der Waals surface area (Å²) in [5, 5.41) is 4.47. The predicted molar refractivity (Wildman–Crippen MR) is 82.7 cm³/mol. The first-order valence-corrected chi connectivity index (χ1v) is 7.29. The van der Waals surface area contributed by atoms with E-state index in [-0.39, 0.29) is 11.9 Å². The average molecular weight is 312 g/mol. The zero-order valence-electron chi connectivity index (χ0n) is 11.2. The maximum atomic E-state index is 13.7. The molecular formula is C16H16Cl2FN. The van der Waals surface area contributed by atoms with Crippen LogP contribution in [0.3, 0.4) is 0 Å². The number of nitrogens with one attached hydrogen (secondary N) is 1. The van der Waals surface area contributed by atoms with Crippen molar-refractivity contribution in [3.63, 3.8) is 0 Å². The molecule has 0 aliphatic heterocycles. The van der Waals surface area contributed by atoms with Crippen LogP contribution in [0.2, 0.25) is 10.0 Å². The van der Waals surface area contributed by atoms with Crippen LogP contribution in [0.1, 0.15) is 30.5 Å². The summed E-state index contributed by atoms with van der Waals surface area (Å²) in [6, 6.07) is 12.5. The quantitative estimate of drug-likeness (QED) is 0.782. The highest BCUT2D eigenvalue weighted by molar-refractivity contribution is 6.31. The van der Waals surface area contributed by atoms with E-state index in [1.165, 1.54) is 6.07 Å². The van der Waals surface area contributed by atoms with Crippen molar-refractivity contribution in [1.82, 2.24) is 5.32 Å². The number of hydrogen-bond donors (Lipinski definition) is 1.